The summed E-state index contributed by atoms with van der Waals surface area (Å²) in [5, 5.41) is 8.04. The Kier molecular flexibility index (Phi) is 3.05. The number of benzene rings is 2. The number of pyridine rings is 1. The van der Waals surface area contributed by atoms with E-state index >= 15 is 0 Å². The molecular weight excluding hydrogens is 276 g/mol. The molecule has 1 N–H and O–H groups in total. The minimum atomic E-state index is 0.737. The molecule has 0 amide bonds. The van der Waals surface area contributed by atoms with E-state index in [0.29, 0.717) is 0 Å². The van der Waals surface area contributed by atoms with E-state index in [1.54, 1.807) is 11.3 Å². The van der Waals surface area contributed by atoms with Crippen LogP contribution in [0.5, 0.6) is 0 Å². The average Bonchev–Trinajstić information content (AvgIpc) is 3.00. The van der Waals surface area contributed by atoms with Crippen LogP contribution < -0.4 is 5.32 Å². The number of fused-ring (bicyclic) bond motifs is 2. The zero-order valence-electron chi connectivity index (χ0n) is 11.4. The molecule has 0 radical (unpaired) electrons. The highest BCUT2D eigenvalue weighted by molar-refractivity contribution is 7.17. The monoisotopic (exact) mass is 290 g/mol. The molecular formula is C18H14N2S. The van der Waals surface area contributed by atoms with Gasteiger partial charge in [0.15, 0.2) is 0 Å². The molecule has 0 saturated carbocycles. The number of hydrogen-bond donors (Lipinski definition) is 1. The molecule has 102 valence electrons. The van der Waals surface area contributed by atoms with Gasteiger partial charge in [-0.25, -0.2) is 0 Å². The van der Waals surface area contributed by atoms with E-state index in [9.17, 15) is 0 Å². The SMILES string of the molecule is c1ccc2nc(CNc3ccc4sccc4c3)ccc2c1. The highest BCUT2D eigenvalue weighted by Crippen LogP contribution is 2.24. The molecule has 2 aromatic heterocycles. The first kappa shape index (κ1) is 12.4. The van der Waals surface area contributed by atoms with Crippen LogP contribution in [-0.2, 0) is 6.54 Å². The van der Waals surface area contributed by atoms with Crippen molar-refractivity contribution >= 4 is 38.0 Å². The second kappa shape index (κ2) is 5.19. The standard InChI is InChI=1S/C18H14N2S/c1-2-4-17-13(3-1)5-6-16(20-17)12-19-15-7-8-18-14(11-15)9-10-21-18/h1-11,19H,12H2. The van der Waals surface area contributed by atoms with Crippen molar-refractivity contribution in [1.29, 1.82) is 0 Å². The molecule has 0 saturated heterocycles. The summed E-state index contributed by atoms with van der Waals surface area (Å²) in [7, 11) is 0. The first-order valence-corrected chi connectivity index (χ1v) is 7.82. The zero-order chi connectivity index (χ0) is 14.1. The number of nitrogens with one attached hydrogen (secondary N) is 1. The molecule has 21 heavy (non-hydrogen) atoms. The van der Waals surface area contributed by atoms with Gasteiger partial charge in [-0.1, -0.05) is 24.3 Å². The van der Waals surface area contributed by atoms with E-state index in [-0.39, 0.29) is 0 Å². The largest absolute Gasteiger partial charge is 0.379 e. The lowest BCUT2D eigenvalue weighted by atomic mass is 10.2. The molecule has 2 heterocycles. The molecule has 2 aromatic carbocycles. The van der Waals surface area contributed by atoms with Gasteiger partial charge in [0, 0.05) is 15.8 Å². The first-order chi connectivity index (χ1) is 10.4. The van der Waals surface area contributed by atoms with Gasteiger partial charge in [-0.2, -0.15) is 0 Å². The summed E-state index contributed by atoms with van der Waals surface area (Å²) in [4.78, 5) is 4.68. The summed E-state index contributed by atoms with van der Waals surface area (Å²) in [6.45, 7) is 0.737. The average molecular weight is 290 g/mol. The lowest BCUT2D eigenvalue weighted by Crippen LogP contribution is -2.01. The number of rotatable bonds is 3. The maximum Gasteiger partial charge on any atom is 0.0706 e. The normalized spacial score (nSPS) is 11.0. The second-order valence-electron chi connectivity index (χ2n) is 5.02. The van der Waals surface area contributed by atoms with Crippen LogP contribution in [0.15, 0.2) is 66.0 Å². The van der Waals surface area contributed by atoms with E-state index < -0.39 is 0 Å². The van der Waals surface area contributed by atoms with Gasteiger partial charge in [-0.3, -0.25) is 4.98 Å². The van der Waals surface area contributed by atoms with Crippen LogP contribution in [-0.4, -0.2) is 4.98 Å². The highest BCUT2D eigenvalue weighted by Gasteiger charge is 2.00. The fraction of sp³-hybridized carbons (Fsp3) is 0.0556. The molecule has 3 heteroatoms. The Morgan fingerprint density at radius 2 is 1.86 bits per heavy atom. The van der Waals surface area contributed by atoms with Crippen LogP contribution in [0.2, 0.25) is 0 Å². The van der Waals surface area contributed by atoms with Crippen LogP contribution in [0.1, 0.15) is 5.69 Å². The third kappa shape index (κ3) is 2.48. The van der Waals surface area contributed by atoms with Crippen molar-refractivity contribution < 1.29 is 0 Å². The summed E-state index contributed by atoms with van der Waals surface area (Å²) >= 11 is 1.77. The third-order valence-electron chi connectivity index (χ3n) is 3.58. The highest BCUT2D eigenvalue weighted by atomic mass is 32.1. The van der Waals surface area contributed by atoms with Crippen LogP contribution in [0.3, 0.4) is 0 Å². The quantitative estimate of drug-likeness (QED) is 0.570. The van der Waals surface area contributed by atoms with Gasteiger partial charge < -0.3 is 5.32 Å². The molecule has 4 aromatic rings. The van der Waals surface area contributed by atoms with Crippen molar-refractivity contribution in [3.8, 4) is 0 Å². The van der Waals surface area contributed by atoms with E-state index in [1.807, 2.05) is 12.1 Å². The molecule has 0 bridgehead atoms. The van der Waals surface area contributed by atoms with Crippen molar-refractivity contribution in [2.45, 2.75) is 6.54 Å². The molecule has 0 aliphatic heterocycles. The lowest BCUT2D eigenvalue weighted by molar-refractivity contribution is 1.07. The minimum Gasteiger partial charge on any atom is -0.379 e. The van der Waals surface area contributed by atoms with Crippen LogP contribution >= 0.6 is 11.3 Å². The van der Waals surface area contributed by atoms with Crippen LogP contribution in [0.4, 0.5) is 5.69 Å². The summed E-state index contributed by atoms with van der Waals surface area (Å²) in [6, 6.07) is 21.0. The molecule has 0 fully saturated rings. The predicted octanol–water partition coefficient (Wildman–Crippen LogP) is 5.06. The van der Waals surface area contributed by atoms with Gasteiger partial charge in [0.1, 0.15) is 0 Å². The van der Waals surface area contributed by atoms with Crippen molar-refractivity contribution in [2.24, 2.45) is 0 Å². The number of thiophene rings is 1. The van der Waals surface area contributed by atoms with Gasteiger partial charge in [-0.05, 0) is 47.2 Å². The molecule has 0 aliphatic rings. The van der Waals surface area contributed by atoms with Crippen molar-refractivity contribution in [3.63, 3.8) is 0 Å². The van der Waals surface area contributed by atoms with E-state index in [4.69, 9.17) is 0 Å². The molecule has 4 rings (SSSR count). The number of aromatic nitrogens is 1. The molecule has 0 spiro atoms. The summed E-state index contributed by atoms with van der Waals surface area (Å²) < 4.78 is 1.32. The Labute approximate surface area is 127 Å². The summed E-state index contributed by atoms with van der Waals surface area (Å²) in [6.07, 6.45) is 0. The Morgan fingerprint density at radius 3 is 2.86 bits per heavy atom. The van der Waals surface area contributed by atoms with Gasteiger partial charge in [0.2, 0.25) is 0 Å². The van der Waals surface area contributed by atoms with E-state index in [1.165, 1.54) is 15.5 Å². The fourth-order valence-electron chi connectivity index (χ4n) is 2.48. The second-order valence-corrected chi connectivity index (χ2v) is 5.97. The Hall–Kier alpha value is -2.39. The predicted molar refractivity (Wildman–Crippen MR) is 90.9 cm³/mol. The van der Waals surface area contributed by atoms with Gasteiger partial charge in [0.05, 0.1) is 17.8 Å². The summed E-state index contributed by atoms with van der Waals surface area (Å²) in [5.74, 6) is 0. The maximum absolute atomic E-state index is 4.68. The number of anilines is 1. The number of para-hydroxylation sites is 1. The summed E-state index contributed by atoms with van der Waals surface area (Å²) in [5.41, 5.74) is 3.24. The first-order valence-electron chi connectivity index (χ1n) is 6.94. The Bertz CT molecular complexity index is 911. The number of nitrogens with zero attached hydrogens (tertiary/aromatic N) is 1. The van der Waals surface area contributed by atoms with Crippen molar-refractivity contribution in [3.05, 3.63) is 71.7 Å². The zero-order valence-corrected chi connectivity index (χ0v) is 12.2. The van der Waals surface area contributed by atoms with Crippen LogP contribution in [0, 0.1) is 0 Å². The topological polar surface area (TPSA) is 24.9 Å². The Balaban J connectivity index is 1.56. The molecule has 0 aliphatic carbocycles. The van der Waals surface area contributed by atoms with Crippen molar-refractivity contribution in [1.82, 2.24) is 4.98 Å². The third-order valence-corrected chi connectivity index (χ3v) is 4.48. The molecule has 2 nitrogen and oxygen atoms in total. The fourth-order valence-corrected chi connectivity index (χ4v) is 3.25. The lowest BCUT2D eigenvalue weighted by Gasteiger charge is -2.07. The van der Waals surface area contributed by atoms with E-state index in [2.05, 4.69) is 64.2 Å². The van der Waals surface area contributed by atoms with Gasteiger partial charge in [-0.15, -0.1) is 11.3 Å². The Morgan fingerprint density at radius 1 is 0.905 bits per heavy atom. The van der Waals surface area contributed by atoms with Gasteiger partial charge in [0.25, 0.3) is 0 Å². The van der Waals surface area contributed by atoms with E-state index in [0.717, 1.165) is 23.4 Å². The van der Waals surface area contributed by atoms with Crippen molar-refractivity contribution in [2.75, 3.05) is 5.32 Å². The van der Waals surface area contributed by atoms with Crippen LogP contribution in [0.25, 0.3) is 21.0 Å². The minimum absolute atomic E-state index is 0.737. The maximum atomic E-state index is 4.68. The smallest absolute Gasteiger partial charge is 0.0706 e. The number of hydrogen-bond acceptors (Lipinski definition) is 3. The molecule has 0 atom stereocenters. The van der Waals surface area contributed by atoms with Gasteiger partial charge >= 0.3 is 0 Å². The molecule has 0 unspecified atom stereocenters.